The molecule has 2 rings (SSSR count). The van der Waals surface area contributed by atoms with E-state index in [2.05, 4.69) is 4.98 Å². The monoisotopic (exact) mass is 342 g/mol. The molecule has 0 saturated carbocycles. The number of aliphatic hydroxyl groups excluding tert-OH is 1. The Morgan fingerprint density at radius 3 is 2.52 bits per heavy atom. The van der Waals surface area contributed by atoms with Crippen molar-refractivity contribution in [3.05, 3.63) is 59.4 Å². The Balaban J connectivity index is 2.53. The van der Waals surface area contributed by atoms with Gasteiger partial charge in [0, 0.05) is 26.0 Å². The number of rotatable bonds is 7. The van der Waals surface area contributed by atoms with Crippen molar-refractivity contribution in [3.8, 4) is 0 Å². The van der Waals surface area contributed by atoms with Crippen molar-refractivity contribution in [2.45, 2.75) is 32.3 Å². The molecule has 2 atom stereocenters. The summed E-state index contributed by atoms with van der Waals surface area (Å²) in [5, 5.41) is 10.9. The quantitative estimate of drug-likeness (QED) is 0.782. The fourth-order valence-corrected chi connectivity index (χ4v) is 2.85. The Morgan fingerprint density at radius 1 is 1.20 bits per heavy atom. The lowest BCUT2D eigenvalue weighted by molar-refractivity contribution is -0.145. The van der Waals surface area contributed by atoms with Crippen LogP contribution >= 0.6 is 0 Å². The topological polar surface area (TPSA) is 62.7 Å². The molecule has 5 nitrogen and oxygen atoms in total. The predicted octanol–water partition coefficient (Wildman–Crippen LogP) is 3.29. The maximum Gasteiger partial charge on any atom is 0.313 e. The van der Waals surface area contributed by atoms with Crippen molar-refractivity contribution in [3.63, 3.8) is 0 Å². The van der Waals surface area contributed by atoms with Gasteiger partial charge in [0.15, 0.2) is 0 Å². The van der Waals surface area contributed by atoms with Crippen molar-refractivity contribution in [1.29, 1.82) is 0 Å². The molecule has 2 unspecified atom stereocenters. The highest BCUT2D eigenvalue weighted by atomic mass is 16.5. The van der Waals surface area contributed by atoms with Crippen LogP contribution in [0.3, 0.4) is 0 Å². The number of nitrogens with zero attached hydrogens (tertiary/aromatic N) is 2. The Kier molecular flexibility index (Phi) is 6.53. The van der Waals surface area contributed by atoms with Crippen molar-refractivity contribution in [2.75, 3.05) is 25.6 Å². The smallest absolute Gasteiger partial charge is 0.313 e. The average Bonchev–Trinajstić information content (AvgIpc) is 2.62. The molecule has 25 heavy (non-hydrogen) atoms. The summed E-state index contributed by atoms with van der Waals surface area (Å²) in [6, 6.07) is 11.2. The molecule has 0 spiro atoms. The second kappa shape index (κ2) is 8.62. The van der Waals surface area contributed by atoms with E-state index >= 15 is 0 Å². The van der Waals surface area contributed by atoms with E-state index in [-0.39, 0.29) is 5.97 Å². The molecular weight excluding hydrogens is 316 g/mol. The molecular formula is C20H26N2O3. The Bertz CT molecular complexity index is 701. The van der Waals surface area contributed by atoms with Gasteiger partial charge in [-0.2, -0.15) is 0 Å². The minimum Gasteiger partial charge on any atom is -0.466 e. The van der Waals surface area contributed by atoms with Gasteiger partial charge in [-0.1, -0.05) is 19.1 Å². The molecule has 0 bridgehead atoms. The number of benzene rings is 1. The summed E-state index contributed by atoms with van der Waals surface area (Å²) in [5.41, 5.74) is 2.97. The predicted molar refractivity (Wildman–Crippen MR) is 98.7 cm³/mol. The number of hydrogen-bond donors (Lipinski definition) is 1. The molecule has 0 aliphatic carbocycles. The van der Waals surface area contributed by atoms with E-state index in [4.69, 9.17) is 4.74 Å². The van der Waals surface area contributed by atoms with Gasteiger partial charge in [0.05, 0.1) is 18.2 Å². The molecule has 1 N–H and O–H groups in total. The van der Waals surface area contributed by atoms with Crippen LogP contribution in [0.25, 0.3) is 0 Å². The van der Waals surface area contributed by atoms with Gasteiger partial charge < -0.3 is 14.7 Å². The summed E-state index contributed by atoms with van der Waals surface area (Å²) < 4.78 is 5.22. The number of ether oxygens (including phenoxy) is 1. The van der Waals surface area contributed by atoms with E-state index in [1.54, 1.807) is 25.3 Å². The number of hydrogen-bond acceptors (Lipinski definition) is 5. The molecule has 2 aromatic rings. The first-order valence-electron chi connectivity index (χ1n) is 8.56. The van der Waals surface area contributed by atoms with Gasteiger partial charge in [0.25, 0.3) is 0 Å². The molecule has 0 saturated heterocycles. The summed E-state index contributed by atoms with van der Waals surface area (Å²) in [6.45, 7) is 4.07. The van der Waals surface area contributed by atoms with Crippen LogP contribution in [0.1, 0.15) is 49.1 Å². The minimum atomic E-state index is -0.903. The second-order valence-electron chi connectivity index (χ2n) is 6.08. The lowest BCUT2D eigenvalue weighted by atomic mass is 9.88. The number of carbonyl (C=O) groups is 1. The fourth-order valence-electron chi connectivity index (χ4n) is 2.85. The highest BCUT2D eigenvalue weighted by Gasteiger charge is 2.26. The Labute approximate surface area is 149 Å². The van der Waals surface area contributed by atoms with E-state index in [0.717, 1.165) is 11.3 Å². The van der Waals surface area contributed by atoms with Crippen LogP contribution in [0.5, 0.6) is 0 Å². The van der Waals surface area contributed by atoms with Crippen molar-refractivity contribution in [1.82, 2.24) is 4.98 Å². The molecule has 134 valence electrons. The Morgan fingerprint density at radius 2 is 1.96 bits per heavy atom. The maximum absolute atomic E-state index is 12.4. The molecule has 1 heterocycles. The van der Waals surface area contributed by atoms with E-state index < -0.39 is 12.0 Å². The highest BCUT2D eigenvalue weighted by Crippen LogP contribution is 2.34. The molecule has 0 amide bonds. The number of carbonyl (C=O) groups excluding carboxylic acids is 1. The summed E-state index contributed by atoms with van der Waals surface area (Å²) in [4.78, 5) is 18.6. The standard InChI is InChI=1S/C20H26N2O3/c1-5-15(20(24)25-6-2)16-11-10-14(22(3)4)13-17(16)19(23)18-9-7-8-12-21-18/h7-13,15,19,23H,5-6H2,1-4H3. The van der Waals surface area contributed by atoms with Gasteiger partial charge in [-0.05, 0) is 48.7 Å². The van der Waals surface area contributed by atoms with Crippen LogP contribution in [0.15, 0.2) is 42.6 Å². The van der Waals surface area contributed by atoms with E-state index in [9.17, 15) is 9.90 Å². The van der Waals surface area contributed by atoms with E-state index in [1.165, 1.54) is 0 Å². The van der Waals surface area contributed by atoms with Crippen LogP contribution in [-0.2, 0) is 9.53 Å². The van der Waals surface area contributed by atoms with Crippen molar-refractivity contribution >= 4 is 11.7 Å². The number of aliphatic hydroxyl groups is 1. The molecule has 0 radical (unpaired) electrons. The first-order chi connectivity index (χ1) is 12.0. The third kappa shape index (κ3) is 4.37. The summed E-state index contributed by atoms with van der Waals surface area (Å²) in [7, 11) is 3.88. The van der Waals surface area contributed by atoms with E-state index in [1.807, 2.05) is 50.2 Å². The number of aromatic nitrogens is 1. The van der Waals surface area contributed by atoms with Crippen LogP contribution in [-0.4, -0.2) is 36.8 Å². The van der Waals surface area contributed by atoms with Gasteiger partial charge in [-0.25, -0.2) is 0 Å². The SMILES string of the molecule is CCOC(=O)C(CC)c1ccc(N(C)C)cc1C(O)c1ccccn1. The number of anilines is 1. The normalized spacial score (nSPS) is 13.2. The van der Waals surface area contributed by atoms with Crippen LogP contribution in [0.2, 0.25) is 0 Å². The first kappa shape index (κ1) is 18.9. The van der Waals surface area contributed by atoms with Crippen LogP contribution < -0.4 is 4.90 Å². The maximum atomic E-state index is 12.4. The minimum absolute atomic E-state index is 0.267. The van der Waals surface area contributed by atoms with Gasteiger partial charge in [-0.15, -0.1) is 0 Å². The number of esters is 1. The molecule has 1 aromatic heterocycles. The Hall–Kier alpha value is -2.40. The van der Waals surface area contributed by atoms with Gasteiger partial charge in [0.2, 0.25) is 0 Å². The fraction of sp³-hybridized carbons (Fsp3) is 0.400. The average molecular weight is 342 g/mol. The van der Waals surface area contributed by atoms with Crippen LogP contribution in [0, 0.1) is 0 Å². The first-order valence-corrected chi connectivity index (χ1v) is 8.56. The van der Waals surface area contributed by atoms with Crippen molar-refractivity contribution < 1.29 is 14.6 Å². The summed E-state index contributed by atoms with van der Waals surface area (Å²) in [5.74, 6) is -0.679. The lowest BCUT2D eigenvalue weighted by Crippen LogP contribution is -2.19. The highest BCUT2D eigenvalue weighted by molar-refractivity contribution is 5.79. The van der Waals surface area contributed by atoms with Crippen molar-refractivity contribution in [2.24, 2.45) is 0 Å². The van der Waals surface area contributed by atoms with Crippen LogP contribution in [0.4, 0.5) is 5.69 Å². The van der Waals surface area contributed by atoms with E-state index in [0.29, 0.717) is 24.3 Å². The third-order valence-corrected chi connectivity index (χ3v) is 4.20. The zero-order valence-electron chi connectivity index (χ0n) is 15.3. The second-order valence-corrected chi connectivity index (χ2v) is 6.08. The zero-order valence-corrected chi connectivity index (χ0v) is 15.3. The third-order valence-electron chi connectivity index (χ3n) is 4.20. The molecule has 0 fully saturated rings. The molecule has 5 heteroatoms. The van der Waals surface area contributed by atoms with Gasteiger partial charge in [0.1, 0.15) is 6.10 Å². The summed E-state index contributed by atoms with van der Waals surface area (Å²) >= 11 is 0. The lowest BCUT2D eigenvalue weighted by Gasteiger charge is -2.23. The molecule has 0 aliphatic rings. The zero-order chi connectivity index (χ0) is 18.4. The summed E-state index contributed by atoms with van der Waals surface area (Å²) in [6.07, 6.45) is 1.35. The van der Waals surface area contributed by atoms with Gasteiger partial charge in [-0.3, -0.25) is 9.78 Å². The molecule has 1 aromatic carbocycles. The molecule has 0 aliphatic heterocycles. The van der Waals surface area contributed by atoms with Gasteiger partial charge >= 0.3 is 5.97 Å². The number of pyridine rings is 1. The largest absolute Gasteiger partial charge is 0.466 e.